The van der Waals surface area contributed by atoms with Crippen LogP contribution in [0.15, 0.2) is 48.5 Å². The van der Waals surface area contributed by atoms with E-state index in [4.69, 9.17) is 9.84 Å². The lowest BCUT2D eigenvalue weighted by atomic mass is 9.93. The Kier molecular flexibility index (Phi) is 5.95. The molecule has 0 heterocycles. The van der Waals surface area contributed by atoms with E-state index in [-0.39, 0.29) is 23.1 Å². The van der Waals surface area contributed by atoms with Gasteiger partial charge in [-0.2, -0.15) is 0 Å². The standard InChI is InChI=1S/C19H21NO4/c1-3-7-15(13-8-5-4-6-9-13)18(21)20-14-10-11-16(19(22)23)17(12-14)24-2/h4-6,8-12,15H,3,7H2,1-2H3,(H,20,21)(H,22,23). The average molecular weight is 327 g/mol. The molecule has 1 unspecified atom stereocenters. The summed E-state index contributed by atoms with van der Waals surface area (Å²) in [4.78, 5) is 23.8. The maximum atomic E-state index is 12.7. The van der Waals surface area contributed by atoms with Crippen LogP contribution in [0.3, 0.4) is 0 Å². The number of carboxylic acid groups (broad SMARTS) is 1. The van der Waals surface area contributed by atoms with Crippen LogP contribution in [0, 0.1) is 0 Å². The molecule has 0 aliphatic carbocycles. The van der Waals surface area contributed by atoms with Gasteiger partial charge in [-0.15, -0.1) is 0 Å². The van der Waals surface area contributed by atoms with Gasteiger partial charge in [-0.25, -0.2) is 4.79 Å². The van der Waals surface area contributed by atoms with E-state index in [0.717, 1.165) is 18.4 Å². The van der Waals surface area contributed by atoms with Gasteiger partial charge in [0, 0.05) is 11.8 Å². The van der Waals surface area contributed by atoms with E-state index in [1.165, 1.54) is 19.2 Å². The van der Waals surface area contributed by atoms with Crippen molar-refractivity contribution in [3.05, 3.63) is 59.7 Å². The number of benzene rings is 2. The highest BCUT2D eigenvalue weighted by Gasteiger charge is 2.20. The number of carboxylic acids is 1. The van der Waals surface area contributed by atoms with Gasteiger partial charge in [-0.05, 0) is 24.1 Å². The van der Waals surface area contributed by atoms with E-state index < -0.39 is 5.97 Å². The highest BCUT2D eigenvalue weighted by atomic mass is 16.5. The van der Waals surface area contributed by atoms with Gasteiger partial charge >= 0.3 is 5.97 Å². The van der Waals surface area contributed by atoms with Gasteiger partial charge in [0.25, 0.3) is 0 Å². The Balaban J connectivity index is 2.22. The number of carbonyl (C=O) groups excluding carboxylic acids is 1. The van der Waals surface area contributed by atoms with Gasteiger partial charge in [0.05, 0.1) is 13.0 Å². The molecule has 0 spiro atoms. The number of carbonyl (C=O) groups is 2. The fraction of sp³-hybridized carbons (Fsp3) is 0.263. The van der Waals surface area contributed by atoms with E-state index in [0.29, 0.717) is 5.69 Å². The van der Waals surface area contributed by atoms with Crippen molar-refractivity contribution >= 4 is 17.6 Å². The zero-order valence-corrected chi connectivity index (χ0v) is 13.8. The number of nitrogens with one attached hydrogen (secondary N) is 1. The summed E-state index contributed by atoms with van der Waals surface area (Å²) in [6, 6.07) is 14.1. The summed E-state index contributed by atoms with van der Waals surface area (Å²) in [5, 5.41) is 12.0. The lowest BCUT2D eigenvalue weighted by Crippen LogP contribution is -2.21. The quantitative estimate of drug-likeness (QED) is 0.808. The molecule has 5 heteroatoms. The van der Waals surface area contributed by atoms with Crippen LogP contribution in [-0.4, -0.2) is 24.1 Å². The van der Waals surface area contributed by atoms with Crippen LogP contribution >= 0.6 is 0 Å². The molecule has 24 heavy (non-hydrogen) atoms. The first-order valence-corrected chi connectivity index (χ1v) is 7.84. The fourth-order valence-corrected chi connectivity index (χ4v) is 2.60. The number of methoxy groups -OCH3 is 1. The smallest absolute Gasteiger partial charge is 0.339 e. The lowest BCUT2D eigenvalue weighted by Gasteiger charge is -2.17. The molecule has 2 rings (SSSR count). The molecule has 0 fully saturated rings. The van der Waals surface area contributed by atoms with Crippen LogP contribution in [0.4, 0.5) is 5.69 Å². The molecule has 1 amide bonds. The topological polar surface area (TPSA) is 75.6 Å². The number of hydrogen-bond donors (Lipinski definition) is 2. The van der Waals surface area contributed by atoms with Crippen LogP contribution in [-0.2, 0) is 4.79 Å². The highest BCUT2D eigenvalue weighted by molar-refractivity contribution is 5.97. The SMILES string of the molecule is CCCC(C(=O)Nc1ccc(C(=O)O)c(OC)c1)c1ccccc1. The van der Waals surface area contributed by atoms with E-state index in [1.807, 2.05) is 37.3 Å². The molecule has 2 N–H and O–H groups in total. The van der Waals surface area contributed by atoms with Crippen molar-refractivity contribution in [2.45, 2.75) is 25.7 Å². The third-order valence-electron chi connectivity index (χ3n) is 3.80. The Bertz CT molecular complexity index is 713. The molecule has 0 aromatic heterocycles. The minimum atomic E-state index is -1.07. The number of rotatable bonds is 7. The van der Waals surface area contributed by atoms with Crippen molar-refractivity contribution in [3.8, 4) is 5.75 Å². The largest absolute Gasteiger partial charge is 0.496 e. The van der Waals surface area contributed by atoms with Crippen molar-refractivity contribution in [1.29, 1.82) is 0 Å². The minimum Gasteiger partial charge on any atom is -0.496 e. The normalized spacial score (nSPS) is 11.6. The number of aromatic carboxylic acids is 1. The first-order chi connectivity index (χ1) is 11.6. The number of hydrogen-bond acceptors (Lipinski definition) is 3. The summed E-state index contributed by atoms with van der Waals surface area (Å²) in [5.74, 6) is -1.22. The lowest BCUT2D eigenvalue weighted by molar-refractivity contribution is -0.117. The van der Waals surface area contributed by atoms with Gasteiger partial charge in [0.2, 0.25) is 5.91 Å². The molecule has 5 nitrogen and oxygen atoms in total. The zero-order valence-electron chi connectivity index (χ0n) is 13.8. The summed E-state index contributed by atoms with van der Waals surface area (Å²) >= 11 is 0. The monoisotopic (exact) mass is 327 g/mol. The summed E-state index contributed by atoms with van der Waals surface area (Å²) in [6.45, 7) is 2.04. The molecule has 0 saturated heterocycles. The summed E-state index contributed by atoms with van der Waals surface area (Å²) in [6.07, 6.45) is 1.62. The van der Waals surface area contributed by atoms with Crippen LogP contribution in [0.2, 0.25) is 0 Å². The third kappa shape index (κ3) is 4.13. The Labute approximate surface area is 141 Å². The molecule has 1 atom stereocenters. The Morgan fingerprint density at radius 2 is 1.88 bits per heavy atom. The zero-order chi connectivity index (χ0) is 17.5. The number of ether oxygens (including phenoxy) is 1. The van der Waals surface area contributed by atoms with Crippen LogP contribution < -0.4 is 10.1 Å². The average Bonchev–Trinajstić information content (AvgIpc) is 2.59. The maximum absolute atomic E-state index is 12.7. The predicted octanol–water partition coefficient (Wildman–Crippen LogP) is 3.92. The summed E-state index contributed by atoms with van der Waals surface area (Å²) < 4.78 is 5.09. The molecule has 2 aromatic rings. The fourth-order valence-electron chi connectivity index (χ4n) is 2.60. The molecule has 2 aromatic carbocycles. The number of anilines is 1. The molecule has 0 saturated carbocycles. The van der Waals surface area contributed by atoms with Crippen molar-refractivity contribution < 1.29 is 19.4 Å². The molecule has 0 bridgehead atoms. The van der Waals surface area contributed by atoms with Gasteiger partial charge in [-0.3, -0.25) is 4.79 Å². The third-order valence-corrected chi connectivity index (χ3v) is 3.80. The van der Waals surface area contributed by atoms with Crippen molar-refractivity contribution in [1.82, 2.24) is 0 Å². The second kappa shape index (κ2) is 8.15. The van der Waals surface area contributed by atoms with Gasteiger partial charge in [0.15, 0.2) is 0 Å². The van der Waals surface area contributed by atoms with Crippen molar-refractivity contribution in [3.63, 3.8) is 0 Å². The van der Waals surface area contributed by atoms with Crippen molar-refractivity contribution in [2.24, 2.45) is 0 Å². The number of amides is 1. The predicted molar refractivity (Wildman–Crippen MR) is 92.7 cm³/mol. The van der Waals surface area contributed by atoms with Crippen LogP contribution in [0.1, 0.15) is 41.6 Å². The Morgan fingerprint density at radius 1 is 1.17 bits per heavy atom. The first kappa shape index (κ1) is 17.5. The van der Waals surface area contributed by atoms with Crippen molar-refractivity contribution in [2.75, 3.05) is 12.4 Å². The summed E-state index contributed by atoms with van der Waals surface area (Å²) in [7, 11) is 1.40. The van der Waals surface area contributed by atoms with E-state index in [9.17, 15) is 9.59 Å². The Morgan fingerprint density at radius 3 is 2.46 bits per heavy atom. The van der Waals surface area contributed by atoms with Gasteiger partial charge in [0.1, 0.15) is 11.3 Å². The second-order valence-electron chi connectivity index (χ2n) is 5.46. The second-order valence-corrected chi connectivity index (χ2v) is 5.46. The van der Waals surface area contributed by atoms with Gasteiger partial charge in [-0.1, -0.05) is 43.7 Å². The van der Waals surface area contributed by atoms with E-state index in [2.05, 4.69) is 5.32 Å². The van der Waals surface area contributed by atoms with E-state index >= 15 is 0 Å². The molecule has 0 aliphatic heterocycles. The molecule has 0 radical (unpaired) electrons. The van der Waals surface area contributed by atoms with E-state index in [1.54, 1.807) is 6.07 Å². The molecular weight excluding hydrogens is 306 g/mol. The van der Waals surface area contributed by atoms with Crippen LogP contribution in [0.5, 0.6) is 5.75 Å². The molecule has 126 valence electrons. The van der Waals surface area contributed by atoms with Crippen LogP contribution in [0.25, 0.3) is 0 Å². The van der Waals surface area contributed by atoms with Gasteiger partial charge < -0.3 is 15.2 Å². The Hall–Kier alpha value is -2.82. The minimum absolute atomic E-state index is 0.0590. The summed E-state index contributed by atoms with van der Waals surface area (Å²) in [5.41, 5.74) is 1.54. The first-order valence-electron chi connectivity index (χ1n) is 7.84. The highest BCUT2D eigenvalue weighted by Crippen LogP contribution is 2.26. The molecule has 0 aliphatic rings. The maximum Gasteiger partial charge on any atom is 0.339 e. The molecular formula is C19H21NO4.